The van der Waals surface area contributed by atoms with Gasteiger partial charge in [-0.05, 0) is 92.7 Å². The molecule has 0 nitrogen and oxygen atoms in total. The molecular weight excluding hydrogens is 464 g/mol. The van der Waals surface area contributed by atoms with Crippen LogP contribution in [0.3, 0.4) is 0 Å². The molecule has 0 aliphatic heterocycles. The number of halogens is 1. The number of rotatable bonds is 3. The van der Waals surface area contributed by atoms with Crippen LogP contribution in [0.5, 0.6) is 0 Å². The average molecular weight is 493 g/mol. The molecule has 0 N–H and O–H groups in total. The lowest BCUT2D eigenvalue weighted by molar-refractivity contribution is 0.490. The normalized spacial score (nSPS) is 16.2. The number of benzene rings is 4. The van der Waals surface area contributed by atoms with Crippen LogP contribution in [0.4, 0.5) is 0 Å². The standard InChI is InChI=1S/C32H29Br/c1-5-32(6-2)27-10-8-7-9-23(27)26-15-12-21(18-30(26)32)20-11-14-24-25-16-13-22(33)19-29(25)31(3,4)28(24)17-20/h7-19H,5-6H2,1-4H3. The van der Waals surface area contributed by atoms with Crippen molar-refractivity contribution in [2.45, 2.75) is 51.4 Å². The van der Waals surface area contributed by atoms with Crippen LogP contribution in [0.2, 0.25) is 0 Å². The Morgan fingerprint density at radius 1 is 0.576 bits per heavy atom. The largest absolute Gasteiger partial charge is 0.0642 e. The van der Waals surface area contributed by atoms with Gasteiger partial charge in [0.15, 0.2) is 0 Å². The van der Waals surface area contributed by atoms with E-state index in [9.17, 15) is 0 Å². The molecule has 4 aromatic carbocycles. The van der Waals surface area contributed by atoms with Crippen molar-refractivity contribution in [3.05, 3.63) is 106 Å². The molecule has 164 valence electrons. The van der Waals surface area contributed by atoms with E-state index in [1.807, 2.05) is 0 Å². The first-order valence-electron chi connectivity index (χ1n) is 12.1. The van der Waals surface area contributed by atoms with Crippen LogP contribution in [0, 0.1) is 0 Å². The van der Waals surface area contributed by atoms with Crippen molar-refractivity contribution in [2.24, 2.45) is 0 Å². The van der Waals surface area contributed by atoms with E-state index >= 15 is 0 Å². The highest BCUT2D eigenvalue weighted by molar-refractivity contribution is 9.10. The SMILES string of the molecule is CCC1(CC)c2ccccc2-c2ccc(-c3ccc4c(c3)C(C)(C)c3cc(Br)ccc3-4)cc21. The van der Waals surface area contributed by atoms with E-state index in [-0.39, 0.29) is 10.8 Å². The minimum absolute atomic E-state index is 0.00594. The van der Waals surface area contributed by atoms with Gasteiger partial charge in [-0.25, -0.2) is 0 Å². The molecule has 1 heteroatoms. The summed E-state index contributed by atoms with van der Waals surface area (Å²) in [6.07, 6.45) is 2.25. The first-order valence-corrected chi connectivity index (χ1v) is 12.9. The zero-order valence-corrected chi connectivity index (χ0v) is 21.4. The third kappa shape index (κ3) is 2.75. The monoisotopic (exact) mass is 492 g/mol. The molecule has 0 unspecified atom stereocenters. The fourth-order valence-electron chi connectivity index (χ4n) is 6.54. The van der Waals surface area contributed by atoms with E-state index in [0.29, 0.717) is 0 Å². The molecule has 6 rings (SSSR count). The fourth-order valence-corrected chi connectivity index (χ4v) is 6.90. The molecule has 4 aromatic rings. The van der Waals surface area contributed by atoms with Gasteiger partial charge in [0.05, 0.1) is 0 Å². The van der Waals surface area contributed by atoms with Crippen LogP contribution in [0.1, 0.15) is 62.8 Å². The summed E-state index contributed by atoms with van der Waals surface area (Å²) in [5, 5.41) is 0. The predicted molar refractivity (Wildman–Crippen MR) is 144 cm³/mol. The van der Waals surface area contributed by atoms with Gasteiger partial charge in [-0.1, -0.05) is 98.2 Å². The molecular formula is C32H29Br. The van der Waals surface area contributed by atoms with Crippen LogP contribution >= 0.6 is 15.9 Å². The molecule has 0 saturated carbocycles. The van der Waals surface area contributed by atoms with Crippen molar-refractivity contribution in [2.75, 3.05) is 0 Å². The highest BCUT2D eigenvalue weighted by Crippen LogP contribution is 2.54. The predicted octanol–water partition coefficient (Wildman–Crippen LogP) is 9.51. The quantitative estimate of drug-likeness (QED) is 0.267. The van der Waals surface area contributed by atoms with Crippen LogP contribution in [0.15, 0.2) is 83.3 Å². The van der Waals surface area contributed by atoms with Gasteiger partial charge in [-0.2, -0.15) is 0 Å². The van der Waals surface area contributed by atoms with E-state index in [1.54, 1.807) is 0 Å². The Kier molecular flexibility index (Phi) is 4.55. The first-order chi connectivity index (χ1) is 15.9. The maximum atomic E-state index is 3.68. The smallest absolute Gasteiger partial charge is 0.0210 e. The molecule has 0 amide bonds. The summed E-state index contributed by atoms with van der Waals surface area (Å²) >= 11 is 3.68. The minimum Gasteiger partial charge on any atom is -0.0642 e. The Bertz CT molecular complexity index is 1420. The Morgan fingerprint density at radius 3 is 1.76 bits per heavy atom. The molecule has 0 atom stereocenters. The Labute approximate surface area is 205 Å². The summed E-state index contributed by atoms with van der Waals surface area (Å²) in [6.45, 7) is 9.39. The summed E-state index contributed by atoms with van der Waals surface area (Å²) in [5.41, 5.74) is 14.1. The van der Waals surface area contributed by atoms with Gasteiger partial charge in [-0.3, -0.25) is 0 Å². The zero-order valence-electron chi connectivity index (χ0n) is 19.8. The number of hydrogen-bond donors (Lipinski definition) is 0. The maximum absolute atomic E-state index is 3.68. The van der Waals surface area contributed by atoms with Crippen molar-refractivity contribution in [1.29, 1.82) is 0 Å². The molecule has 0 spiro atoms. The molecule has 0 fully saturated rings. The molecule has 33 heavy (non-hydrogen) atoms. The van der Waals surface area contributed by atoms with Gasteiger partial charge in [0, 0.05) is 15.3 Å². The second-order valence-electron chi connectivity index (χ2n) is 10.2. The summed E-state index contributed by atoms with van der Waals surface area (Å²) < 4.78 is 1.15. The average Bonchev–Trinajstić information content (AvgIpc) is 3.24. The Morgan fingerprint density at radius 2 is 1.09 bits per heavy atom. The highest BCUT2D eigenvalue weighted by atomic mass is 79.9. The molecule has 0 aromatic heterocycles. The summed E-state index contributed by atoms with van der Waals surface area (Å²) in [7, 11) is 0. The number of fused-ring (bicyclic) bond motifs is 6. The van der Waals surface area contributed by atoms with E-state index in [2.05, 4.69) is 122 Å². The van der Waals surface area contributed by atoms with Crippen molar-refractivity contribution in [3.63, 3.8) is 0 Å². The van der Waals surface area contributed by atoms with Crippen molar-refractivity contribution < 1.29 is 0 Å². The van der Waals surface area contributed by atoms with E-state index in [0.717, 1.165) is 17.3 Å². The van der Waals surface area contributed by atoms with E-state index < -0.39 is 0 Å². The molecule has 2 aliphatic carbocycles. The van der Waals surface area contributed by atoms with Gasteiger partial charge in [0.25, 0.3) is 0 Å². The topological polar surface area (TPSA) is 0 Å². The summed E-state index contributed by atoms with van der Waals surface area (Å²) in [5.74, 6) is 0. The fraction of sp³-hybridized carbons (Fsp3) is 0.250. The number of hydrogen-bond acceptors (Lipinski definition) is 0. The van der Waals surface area contributed by atoms with Gasteiger partial charge in [-0.15, -0.1) is 0 Å². The van der Waals surface area contributed by atoms with Crippen molar-refractivity contribution in [3.8, 4) is 33.4 Å². The molecule has 2 aliphatic rings. The van der Waals surface area contributed by atoms with Crippen LogP contribution in [-0.4, -0.2) is 0 Å². The van der Waals surface area contributed by atoms with E-state index in [1.165, 1.54) is 55.6 Å². The zero-order chi connectivity index (χ0) is 23.0. The first kappa shape index (κ1) is 20.9. The lowest BCUT2D eigenvalue weighted by atomic mass is 9.73. The second kappa shape index (κ2) is 7.18. The van der Waals surface area contributed by atoms with Gasteiger partial charge >= 0.3 is 0 Å². The lowest BCUT2D eigenvalue weighted by Crippen LogP contribution is -2.23. The summed E-state index contributed by atoms with van der Waals surface area (Å²) in [4.78, 5) is 0. The molecule has 0 saturated heterocycles. The van der Waals surface area contributed by atoms with Gasteiger partial charge < -0.3 is 0 Å². The van der Waals surface area contributed by atoms with Gasteiger partial charge in [0.1, 0.15) is 0 Å². The van der Waals surface area contributed by atoms with Crippen LogP contribution in [-0.2, 0) is 10.8 Å². The van der Waals surface area contributed by atoms with Crippen LogP contribution < -0.4 is 0 Å². The third-order valence-corrected chi connectivity index (χ3v) is 8.94. The Hall–Kier alpha value is -2.64. The second-order valence-corrected chi connectivity index (χ2v) is 11.1. The minimum atomic E-state index is -0.00594. The van der Waals surface area contributed by atoms with Crippen molar-refractivity contribution >= 4 is 15.9 Å². The van der Waals surface area contributed by atoms with Crippen LogP contribution in [0.25, 0.3) is 33.4 Å². The summed E-state index contributed by atoms with van der Waals surface area (Å²) in [6, 6.07) is 30.0. The third-order valence-electron chi connectivity index (χ3n) is 8.45. The maximum Gasteiger partial charge on any atom is 0.0210 e. The molecule has 0 heterocycles. The van der Waals surface area contributed by atoms with E-state index in [4.69, 9.17) is 0 Å². The lowest BCUT2D eigenvalue weighted by Gasteiger charge is -2.30. The van der Waals surface area contributed by atoms with Crippen molar-refractivity contribution in [1.82, 2.24) is 0 Å². The van der Waals surface area contributed by atoms with Gasteiger partial charge in [0.2, 0.25) is 0 Å². The molecule has 0 bridgehead atoms. The molecule has 0 radical (unpaired) electrons. The Balaban J connectivity index is 1.51. The highest BCUT2D eigenvalue weighted by Gasteiger charge is 2.40.